The Hall–Kier alpha value is -2.12. The summed E-state index contributed by atoms with van der Waals surface area (Å²) in [7, 11) is 3.84. The van der Waals surface area contributed by atoms with Crippen molar-refractivity contribution < 1.29 is 9.53 Å². The molecule has 1 aliphatic rings. The third-order valence-electron chi connectivity index (χ3n) is 4.11. The van der Waals surface area contributed by atoms with Gasteiger partial charge >= 0.3 is 0 Å². The van der Waals surface area contributed by atoms with E-state index in [1.165, 1.54) is 11.3 Å². The lowest BCUT2D eigenvalue weighted by Gasteiger charge is -2.24. The Morgan fingerprint density at radius 3 is 2.44 bits per heavy atom. The number of ether oxygens (including phenoxy) is 1. The number of carbonyl (C=O) groups excluding carboxylic acids is 1. The van der Waals surface area contributed by atoms with Gasteiger partial charge in [-0.3, -0.25) is 4.79 Å². The number of carbonyl (C=O) groups is 1. The summed E-state index contributed by atoms with van der Waals surface area (Å²) in [5, 5.41) is 7.29. The summed E-state index contributed by atoms with van der Waals surface area (Å²) in [6, 6.07) is 8.29. The first-order chi connectivity index (χ1) is 12.0. The maximum Gasteiger partial charge on any atom is 0.267 e. The van der Waals surface area contributed by atoms with Crippen LogP contribution in [0.4, 0.5) is 16.5 Å². The van der Waals surface area contributed by atoms with Crippen molar-refractivity contribution in [2.24, 2.45) is 0 Å². The standard InChI is InChI=1S/C18H24N4O2S/c1-12-16(25-18(19-12)22(2)3)17(23)21-14-6-4-13(5-7-14)20-15-8-10-24-11-9-15/h4-7,15,20H,8-11H2,1-3H3,(H,21,23). The molecule has 25 heavy (non-hydrogen) atoms. The molecule has 0 spiro atoms. The van der Waals surface area contributed by atoms with E-state index in [-0.39, 0.29) is 5.91 Å². The van der Waals surface area contributed by atoms with Crippen molar-refractivity contribution in [1.82, 2.24) is 4.98 Å². The van der Waals surface area contributed by atoms with Gasteiger partial charge in [0.25, 0.3) is 5.91 Å². The number of hydrogen-bond acceptors (Lipinski definition) is 6. The summed E-state index contributed by atoms with van der Waals surface area (Å²) < 4.78 is 5.37. The Bertz CT molecular complexity index is 721. The lowest BCUT2D eigenvalue weighted by atomic mass is 10.1. The van der Waals surface area contributed by atoms with E-state index in [1.54, 1.807) is 0 Å². The van der Waals surface area contributed by atoms with Gasteiger partial charge in [-0.15, -0.1) is 0 Å². The minimum atomic E-state index is -0.117. The van der Waals surface area contributed by atoms with E-state index in [0.29, 0.717) is 10.9 Å². The van der Waals surface area contributed by atoms with Crippen molar-refractivity contribution in [3.63, 3.8) is 0 Å². The highest BCUT2D eigenvalue weighted by Gasteiger charge is 2.17. The van der Waals surface area contributed by atoms with Gasteiger partial charge in [0.2, 0.25) is 0 Å². The van der Waals surface area contributed by atoms with Crippen molar-refractivity contribution >= 4 is 33.8 Å². The van der Waals surface area contributed by atoms with Crippen molar-refractivity contribution in [1.29, 1.82) is 0 Å². The molecule has 2 heterocycles. The second-order valence-electron chi connectivity index (χ2n) is 6.37. The molecule has 134 valence electrons. The molecule has 0 saturated carbocycles. The van der Waals surface area contributed by atoms with Gasteiger partial charge in [0.15, 0.2) is 5.13 Å². The first kappa shape index (κ1) is 17.7. The second kappa shape index (κ2) is 7.84. The molecule has 1 saturated heterocycles. The van der Waals surface area contributed by atoms with Gasteiger partial charge in [-0.2, -0.15) is 0 Å². The fourth-order valence-corrected chi connectivity index (χ4v) is 3.58. The minimum Gasteiger partial charge on any atom is -0.382 e. The summed E-state index contributed by atoms with van der Waals surface area (Å²) in [4.78, 5) is 19.5. The molecule has 0 aliphatic carbocycles. The Morgan fingerprint density at radius 2 is 1.84 bits per heavy atom. The van der Waals surface area contributed by atoms with Crippen LogP contribution in [0.1, 0.15) is 28.2 Å². The van der Waals surface area contributed by atoms with Crippen molar-refractivity contribution in [2.45, 2.75) is 25.8 Å². The molecule has 1 fully saturated rings. The third kappa shape index (κ3) is 4.49. The first-order valence-corrected chi connectivity index (χ1v) is 9.25. The average molecular weight is 360 g/mol. The Labute approximate surface area is 152 Å². The quantitative estimate of drug-likeness (QED) is 0.856. The number of benzene rings is 1. The number of anilines is 3. The normalized spacial score (nSPS) is 15.0. The summed E-state index contributed by atoms with van der Waals surface area (Å²) in [6.45, 7) is 3.49. The largest absolute Gasteiger partial charge is 0.382 e. The van der Waals surface area contributed by atoms with Crippen LogP contribution in [-0.4, -0.2) is 44.2 Å². The number of hydrogen-bond donors (Lipinski definition) is 2. The van der Waals surface area contributed by atoms with Crippen LogP contribution in [0.15, 0.2) is 24.3 Å². The summed E-state index contributed by atoms with van der Waals surface area (Å²) in [5.41, 5.74) is 2.60. The molecule has 2 N–H and O–H groups in total. The van der Waals surface area contributed by atoms with Gasteiger partial charge < -0.3 is 20.3 Å². The zero-order valence-corrected chi connectivity index (χ0v) is 15.7. The van der Waals surface area contributed by atoms with Crippen LogP contribution in [0.2, 0.25) is 0 Å². The number of nitrogens with one attached hydrogen (secondary N) is 2. The smallest absolute Gasteiger partial charge is 0.267 e. The molecule has 1 aromatic carbocycles. The van der Waals surface area contributed by atoms with Gasteiger partial charge in [-0.05, 0) is 44.0 Å². The molecule has 1 aromatic heterocycles. The molecule has 2 aromatic rings. The maximum atomic E-state index is 12.5. The number of nitrogens with zero attached hydrogens (tertiary/aromatic N) is 2. The molecule has 0 bridgehead atoms. The third-order valence-corrected chi connectivity index (χ3v) is 5.43. The van der Waals surface area contributed by atoms with E-state index in [1.807, 2.05) is 50.2 Å². The van der Waals surface area contributed by atoms with Crippen LogP contribution >= 0.6 is 11.3 Å². The number of aromatic nitrogens is 1. The predicted molar refractivity (Wildman–Crippen MR) is 103 cm³/mol. The zero-order valence-electron chi connectivity index (χ0n) is 14.8. The van der Waals surface area contributed by atoms with Gasteiger partial charge in [-0.1, -0.05) is 11.3 Å². The summed E-state index contributed by atoms with van der Waals surface area (Å²) >= 11 is 1.40. The van der Waals surface area contributed by atoms with Gasteiger partial charge in [0, 0.05) is 44.7 Å². The van der Waals surface area contributed by atoms with E-state index < -0.39 is 0 Å². The van der Waals surface area contributed by atoms with Crippen molar-refractivity contribution in [3.05, 3.63) is 34.8 Å². The fourth-order valence-electron chi connectivity index (χ4n) is 2.70. The van der Waals surface area contributed by atoms with Gasteiger partial charge in [0.05, 0.1) is 5.69 Å². The SMILES string of the molecule is Cc1nc(N(C)C)sc1C(=O)Nc1ccc(NC2CCOCC2)cc1. The molecule has 0 unspecified atom stereocenters. The average Bonchev–Trinajstić information content (AvgIpc) is 3.00. The molecule has 0 radical (unpaired) electrons. The second-order valence-corrected chi connectivity index (χ2v) is 7.35. The van der Waals surface area contributed by atoms with Crippen LogP contribution in [0.5, 0.6) is 0 Å². The first-order valence-electron chi connectivity index (χ1n) is 8.43. The number of amides is 1. The molecular formula is C18H24N4O2S. The zero-order chi connectivity index (χ0) is 17.8. The summed E-state index contributed by atoms with van der Waals surface area (Å²) in [5.74, 6) is -0.117. The number of rotatable bonds is 5. The maximum absolute atomic E-state index is 12.5. The van der Waals surface area contributed by atoms with Crippen LogP contribution in [0, 0.1) is 6.92 Å². The van der Waals surface area contributed by atoms with Crippen molar-refractivity contribution in [2.75, 3.05) is 42.8 Å². The van der Waals surface area contributed by atoms with E-state index in [2.05, 4.69) is 15.6 Å². The highest BCUT2D eigenvalue weighted by Crippen LogP contribution is 2.26. The highest BCUT2D eigenvalue weighted by molar-refractivity contribution is 7.17. The van der Waals surface area contributed by atoms with Crippen LogP contribution in [0.25, 0.3) is 0 Å². The van der Waals surface area contributed by atoms with Gasteiger partial charge in [0.1, 0.15) is 4.88 Å². The lowest BCUT2D eigenvalue weighted by molar-refractivity contribution is 0.0904. The number of aryl methyl sites for hydroxylation is 1. The van der Waals surface area contributed by atoms with E-state index in [0.717, 1.165) is 48.3 Å². The van der Waals surface area contributed by atoms with Crippen molar-refractivity contribution in [3.8, 4) is 0 Å². The van der Waals surface area contributed by atoms with E-state index in [9.17, 15) is 4.79 Å². The molecule has 3 rings (SSSR count). The Balaban J connectivity index is 1.61. The van der Waals surface area contributed by atoms with E-state index in [4.69, 9.17) is 4.74 Å². The lowest BCUT2D eigenvalue weighted by Crippen LogP contribution is -2.27. The Kier molecular flexibility index (Phi) is 5.55. The van der Waals surface area contributed by atoms with Crippen LogP contribution < -0.4 is 15.5 Å². The van der Waals surface area contributed by atoms with E-state index >= 15 is 0 Å². The van der Waals surface area contributed by atoms with Crippen LogP contribution in [0.3, 0.4) is 0 Å². The minimum absolute atomic E-state index is 0.117. The molecule has 7 heteroatoms. The highest BCUT2D eigenvalue weighted by atomic mass is 32.1. The fraction of sp³-hybridized carbons (Fsp3) is 0.444. The van der Waals surface area contributed by atoms with Gasteiger partial charge in [-0.25, -0.2) is 4.98 Å². The van der Waals surface area contributed by atoms with Crippen LogP contribution in [-0.2, 0) is 4.74 Å². The predicted octanol–water partition coefficient (Wildman–Crippen LogP) is 3.36. The monoisotopic (exact) mass is 360 g/mol. The molecule has 1 amide bonds. The molecule has 1 aliphatic heterocycles. The molecule has 6 nitrogen and oxygen atoms in total. The topological polar surface area (TPSA) is 66.5 Å². The Morgan fingerprint density at radius 1 is 1.20 bits per heavy atom. The number of thiazole rings is 1. The molecule has 0 atom stereocenters. The summed E-state index contributed by atoms with van der Waals surface area (Å²) in [6.07, 6.45) is 2.05. The molecular weight excluding hydrogens is 336 g/mol.